The molecule has 1 N–H and O–H groups in total. The first-order chi connectivity index (χ1) is 9.82. The SMILES string of the molecule is Cc1ccc(C(=O)NCC2(C3CC3)CC2)cc1S(=O)(=O)Cl. The Hall–Kier alpha value is -1.07. The summed E-state index contributed by atoms with van der Waals surface area (Å²) in [6, 6.07) is 4.59. The molecule has 0 heterocycles. The van der Waals surface area contributed by atoms with Gasteiger partial charge in [-0.3, -0.25) is 4.79 Å². The highest BCUT2D eigenvalue weighted by atomic mass is 35.7. The third-order valence-corrected chi connectivity index (χ3v) is 6.11. The molecule has 6 heteroatoms. The maximum Gasteiger partial charge on any atom is 0.261 e. The van der Waals surface area contributed by atoms with Gasteiger partial charge in [0, 0.05) is 22.8 Å². The van der Waals surface area contributed by atoms with Gasteiger partial charge in [0.05, 0.1) is 4.90 Å². The van der Waals surface area contributed by atoms with E-state index in [-0.39, 0.29) is 10.8 Å². The molecular formula is C15H18ClNO3S. The predicted molar refractivity (Wildman–Crippen MR) is 80.9 cm³/mol. The van der Waals surface area contributed by atoms with Crippen molar-refractivity contribution in [3.8, 4) is 0 Å². The van der Waals surface area contributed by atoms with Crippen LogP contribution in [-0.2, 0) is 9.05 Å². The summed E-state index contributed by atoms with van der Waals surface area (Å²) in [7, 11) is 1.56. The van der Waals surface area contributed by atoms with E-state index in [1.807, 2.05) is 0 Å². The monoisotopic (exact) mass is 327 g/mol. The molecule has 0 bridgehead atoms. The number of benzene rings is 1. The van der Waals surface area contributed by atoms with Crippen LogP contribution in [0.4, 0.5) is 0 Å². The number of amides is 1. The molecule has 0 aliphatic heterocycles. The van der Waals surface area contributed by atoms with Crippen LogP contribution in [0.25, 0.3) is 0 Å². The maximum absolute atomic E-state index is 12.2. The topological polar surface area (TPSA) is 63.2 Å². The van der Waals surface area contributed by atoms with Crippen molar-refractivity contribution in [2.75, 3.05) is 6.54 Å². The van der Waals surface area contributed by atoms with E-state index in [0.717, 1.165) is 5.92 Å². The zero-order valence-electron chi connectivity index (χ0n) is 11.9. The van der Waals surface area contributed by atoms with Crippen molar-refractivity contribution < 1.29 is 13.2 Å². The summed E-state index contributed by atoms with van der Waals surface area (Å²) in [5, 5.41) is 2.94. The van der Waals surface area contributed by atoms with Gasteiger partial charge in [-0.05, 0) is 61.6 Å². The second-order valence-corrected chi connectivity index (χ2v) is 8.77. The number of nitrogens with one attached hydrogen (secondary N) is 1. The van der Waals surface area contributed by atoms with E-state index in [2.05, 4.69) is 5.32 Å². The molecule has 1 aromatic carbocycles. The van der Waals surface area contributed by atoms with Crippen LogP contribution in [0.3, 0.4) is 0 Å². The molecule has 1 aromatic rings. The second kappa shape index (κ2) is 4.99. The Balaban J connectivity index is 1.73. The molecule has 2 aliphatic rings. The van der Waals surface area contributed by atoms with Crippen LogP contribution >= 0.6 is 10.7 Å². The Morgan fingerprint density at radius 1 is 1.38 bits per heavy atom. The van der Waals surface area contributed by atoms with Gasteiger partial charge in [-0.1, -0.05) is 6.07 Å². The minimum absolute atomic E-state index is 0.000134. The average molecular weight is 328 g/mol. The standard InChI is InChI=1S/C15H18ClNO3S/c1-10-2-3-11(8-13(10)21(16,19)20)14(18)17-9-15(6-7-15)12-4-5-12/h2-3,8,12H,4-7,9H2,1H3,(H,17,18). The summed E-state index contributed by atoms with van der Waals surface area (Å²) in [6.45, 7) is 2.34. The van der Waals surface area contributed by atoms with Crippen molar-refractivity contribution in [1.29, 1.82) is 0 Å². The van der Waals surface area contributed by atoms with Crippen molar-refractivity contribution in [3.05, 3.63) is 29.3 Å². The molecule has 1 amide bonds. The summed E-state index contributed by atoms with van der Waals surface area (Å²) in [4.78, 5) is 12.2. The van der Waals surface area contributed by atoms with Gasteiger partial charge in [-0.15, -0.1) is 0 Å². The molecular weight excluding hydrogens is 310 g/mol. The van der Waals surface area contributed by atoms with Gasteiger partial charge < -0.3 is 5.32 Å². The van der Waals surface area contributed by atoms with Crippen molar-refractivity contribution in [3.63, 3.8) is 0 Å². The first kappa shape index (κ1) is 14.9. The fourth-order valence-corrected chi connectivity index (χ4v) is 4.17. The van der Waals surface area contributed by atoms with Gasteiger partial charge >= 0.3 is 0 Å². The summed E-state index contributed by atoms with van der Waals surface area (Å²) < 4.78 is 23.0. The molecule has 0 saturated heterocycles. The number of hydrogen-bond acceptors (Lipinski definition) is 3. The highest BCUT2D eigenvalue weighted by Gasteiger charge is 2.53. The predicted octanol–water partition coefficient (Wildman–Crippen LogP) is 2.84. The minimum Gasteiger partial charge on any atom is -0.351 e. The highest BCUT2D eigenvalue weighted by Crippen LogP contribution is 2.60. The molecule has 0 aromatic heterocycles. The van der Waals surface area contributed by atoms with Crippen molar-refractivity contribution in [2.45, 2.75) is 37.5 Å². The average Bonchev–Trinajstić information content (AvgIpc) is 3.25. The van der Waals surface area contributed by atoms with Crippen LogP contribution in [0.1, 0.15) is 41.6 Å². The van der Waals surface area contributed by atoms with Crippen LogP contribution < -0.4 is 5.32 Å². The molecule has 4 nitrogen and oxygen atoms in total. The Kier molecular flexibility index (Phi) is 3.53. The number of aryl methyl sites for hydroxylation is 1. The number of halogens is 1. The highest BCUT2D eigenvalue weighted by molar-refractivity contribution is 8.13. The third kappa shape index (κ3) is 3.09. The molecule has 21 heavy (non-hydrogen) atoms. The molecule has 3 rings (SSSR count). The van der Waals surface area contributed by atoms with Gasteiger partial charge in [-0.2, -0.15) is 0 Å². The fourth-order valence-electron chi connectivity index (χ4n) is 2.95. The largest absolute Gasteiger partial charge is 0.351 e. The van der Waals surface area contributed by atoms with E-state index >= 15 is 0 Å². The molecule has 0 spiro atoms. The van der Waals surface area contributed by atoms with Gasteiger partial charge in [0.1, 0.15) is 0 Å². The van der Waals surface area contributed by atoms with Crippen molar-refractivity contribution >= 4 is 25.6 Å². The quantitative estimate of drug-likeness (QED) is 0.846. The Morgan fingerprint density at radius 2 is 2.05 bits per heavy atom. The van der Waals surface area contributed by atoms with Gasteiger partial charge in [0.15, 0.2) is 0 Å². The number of carbonyl (C=O) groups is 1. The second-order valence-electron chi connectivity index (χ2n) is 6.24. The van der Waals surface area contributed by atoms with Gasteiger partial charge in [-0.25, -0.2) is 8.42 Å². The van der Waals surface area contributed by atoms with E-state index < -0.39 is 9.05 Å². The first-order valence-electron chi connectivity index (χ1n) is 7.15. The normalized spacial score (nSPS) is 20.1. The molecule has 0 unspecified atom stereocenters. The molecule has 114 valence electrons. The lowest BCUT2D eigenvalue weighted by Crippen LogP contribution is -2.31. The van der Waals surface area contributed by atoms with Crippen LogP contribution in [0.5, 0.6) is 0 Å². The minimum atomic E-state index is -3.83. The molecule has 0 atom stereocenters. The Bertz CT molecular complexity index is 691. The third-order valence-electron chi connectivity index (χ3n) is 4.65. The Morgan fingerprint density at radius 3 is 2.57 bits per heavy atom. The molecule has 0 radical (unpaired) electrons. The fraction of sp³-hybridized carbons (Fsp3) is 0.533. The Labute approximate surface area is 129 Å². The van der Waals surface area contributed by atoms with Crippen LogP contribution in [0.15, 0.2) is 23.1 Å². The van der Waals surface area contributed by atoms with E-state index in [9.17, 15) is 13.2 Å². The van der Waals surface area contributed by atoms with E-state index in [1.54, 1.807) is 19.1 Å². The zero-order chi connectivity index (χ0) is 15.3. The lowest BCUT2D eigenvalue weighted by Gasteiger charge is -2.15. The zero-order valence-corrected chi connectivity index (χ0v) is 13.4. The van der Waals surface area contributed by atoms with Gasteiger partial charge in [0.2, 0.25) is 0 Å². The summed E-state index contributed by atoms with van der Waals surface area (Å²) in [6.07, 6.45) is 4.92. The maximum atomic E-state index is 12.2. The smallest absolute Gasteiger partial charge is 0.261 e. The summed E-state index contributed by atoms with van der Waals surface area (Å²) >= 11 is 0. The van der Waals surface area contributed by atoms with E-state index in [1.165, 1.54) is 31.7 Å². The lowest BCUT2D eigenvalue weighted by atomic mass is 10.0. The molecule has 2 saturated carbocycles. The van der Waals surface area contributed by atoms with E-state index in [4.69, 9.17) is 10.7 Å². The first-order valence-corrected chi connectivity index (χ1v) is 9.46. The van der Waals surface area contributed by atoms with E-state index in [0.29, 0.717) is 23.1 Å². The molecule has 2 fully saturated rings. The van der Waals surface area contributed by atoms with Crippen LogP contribution in [0, 0.1) is 18.3 Å². The lowest BCUT2D eigenvalue weighted by molar-refractivity contribution is 0.0942. The van der Waals surface area contributed by atoms with Crippen LogP contribution in [0.2, 0.25) is 0 Å². The van der Waals surface area contributed by atoms with Crippen LogP contribution in [-0.4, -0.2) is 20.9 Å². The summed E-state index contributed by atoms with van der Waals surface area (Å²) in [5.74, 6) is 0.540. The number of rotatable bonds is 5. The van der Waals surface area contributed by atoms with Crippen molar-refractivity contribution in [1.82, 2.24) is 5.32 Å². The molecule has 2 aliphatic carbocycles. The number of carbonyl (C=O) groups excluding carboxylic acids is 1. The summed E-state index contributed by atoms with van der Waals surface area (Å²) in [5.41, 5.74) is 1.20. The van der Waals surface area contributed by atoms with Gasteiger partial charge in [0.25, 0.3) is 15.0 Å². The number of hydrogen-bond donors (Lipinski definition) is 1. The van der Waals surface area contributed by atoms with Crippen molar-refractivity contribution in [2.24, 2.45) is 11.3 Å².